The minimum absolute atomic E-state index is 0.0301. The van der Waals surface area contributed by atoms with Gasteiger partial charge in [0.15, 0.2) is 11.5 Å². The molecule has 1 rings (SSSR count). The highest BCUT2D eigenvalue weighted by molar-refractivity contribution is 5.64. The van der Waals surface area contributed by atoms with Crippen LogP contribution in [0.1, 0.15) is 33.3 Å². The molecule has 0 fully saturated rings. The fourth-order valence-corrected chi connectivity index (χ4v) is 1.76. The first kappa shape index (κ1) is 16.8. The van der Waals surface area contributed by atoms with Crippen molar-refractivity contribution >= 4 is 6.08 Å². The van der Waals surface area contributed by atoms with E-state index in [1.54, 1.807) is 12.1 Å². The van der Waals surface area contributed by atoms with E-state index in [2.05, 4.69) is 0 Å². The summed E-state index contributed by atoms with van der Waals surface area (Å²) in [5.74, 6) is 1.65. The molecule has 0 radical (unpaired) electrons. The molecule has 0 aliphatic heterocycles. The van der Waals surface area contributed by atoms with Crippen molar-refractivity contribution in [3.8, 4) is 17.2 Å². The Morgan fingerprint density at radius 1 is 1.05 bits per heavy atom. The van der Waals surface area contributed by atoms with Crippen molar-refractivity contribution in [2.24, 2.45) is 0 Å². The highest BCUT2D eigenvalue weighted by Gasteiger charge is 2.14. The molecule has 0 saturated heterocycles. The Balaban J connectivity index is 3.34. The van der Waals surface area contributed by atoms with Crippen molar-refractivity contribution in [3.63, 3.8) is 0 Å². The third-order valence-corrected chi connectivity index (χ3v) is 2.63. The van der Waals surface area contributed by atoms with E-state index in [-0.39, 0.29) is 5.70 Å². The number of hydrogen-bond acceptors (Lipinski definition) is 5. The third kappa shape index (κ3) is 4.66. The van der Waals surface area contributed by atoms with Gasteiger partial charge < -0.3 is 14.2 Å². The number of nitrogens with zero attached hydrogens (tertiary/aromatic N) is 1. The van der Waals surface area contributed by atoms with Crippen LogP contribution in [-0.2, 0) is 0 Å². The molecule has 0 atom stereocenters. The lowest BCUT2D eigenvalue weighted by molar-refractivity contribution is -0.422. The van der Waals surface area contributed by atoms with E-state index in [4.69, 9.17) is 14.2 Å². The molecule has 0 aromatic heterocycles. The van der Waals surface area contributed by atoms with Gasteiger partial charge in [0.05, 0.1) is 24.7 Å². The quantitative estimate of drug-likeness (QED) is 0.542. The summed E-state index contributed by atoms with van der Waals surface area (Å²) in [6, 6.07) is 3.41. The molecule has 0 heterocycles. The molecule has 1 aromatic rings. The highest BCUT2D eigenvalue weighted by Crippen LogP contribution is 2.36. The molecule has 0 N–H and O–H groups in total. The van der Waals surface area contributed by atoms with Crippen LogP contribution in [0.4, 0.5) is 0 Å². The van der Waals surface area contributed by atoms with Gasteiger partial charge in [0.2, 0.25) is 5.70 Å². The zero-order chi connectivity index (χ0) is 15.8. The minimum Gasteiger partial charge on any atom is -0.493 e. The summed E-state index contributed by atoms with van der Waals surface area (Å²) >= 11 is 0. The Morgan fingerprint density at radius 3 is 2.00 bits per heavy atom. The van der Waals surface area contributed by atoms with Gasteiger partial charge in [0.1, 0.15) is 5.75 Å². The lowest BCUT2D eigenvalue weighted by Gasteiger charge is -2.15. The van der Waals surface area contributed by atoms with E-state index >= 15 is 0 Å². The fourth-order valence-electron chi connectivity index (χ4n) is 1.76. The summed E-state index contributed by atoms with van der Waals surface area (Å²) in [6.07, 6.45) is 1.46. The first-order valence-corrected chi connectivity index (χ1v) is 6.92. The number of benzene rings is 1. The SMILES string of the molecule is CCOc1cc(OCC)c(OCC)cc1/C=C(\C)[N+](=O)[O-]. The first-order valence-electron chi connectivity index (χ1n) is 6.92. The molecule has 6 heteroatoms. The van der Waals surface area contributed by atoms with Crippen molar-refractivity contribution in [3.05, 3.63) is 33.5 Å². The van der Waals surface area contributed by atoms with Crippen LogP contribution < -0.4 is 14.2 Å². The number of nitro groups is 1. The van der Waals surface area contributed by atoms with Gasteiger partial charge in [-0.25, -0.2) is 0 Å². The van der Waals surface area contributed by atoms with Crippen LogP contribution in [0.5, 0.6) is 17.2 Å². The maximum atomic E-state index is 10.8. The highest BCUT2D eigenvalue weighted by atomic mass is 16.6. The van der Waals surface area contributed by atoms with Crippen LogP contribution in [0.2, 0.25) is 0 Å². The maximum absolute atomic E-state index is 10.8. The molecule has 0 amide bonds. The van der Waals surface area contributed by atoms with Crippen molar-refractivity contribution in [2.75, 3.05) is 19.8 Å². The van der Waals surface area contributed by atoms with Gasteiger partial charge in [0, 0.05) is 24.6 Å². The van der Waals surface area contributed by atoms with Gasteiger partial charge in [0.25, 0.3) is 0 Å². The summed E-state index contributed by atoms with van der Waals surface area (Å²) in [7, 11) is 0. The van der Waals surface area contributed by atoms with E-state index < -0.39 is 4.92 Å². The number of hydrogen-bond donors (Lipinski definition) is 0. The zero-order valence-corrected chi connectivity index (χ0v) is 12.8. The fraction of sp³-hybridized carbons (Fsp3) is 0.467. The predicted octanol–water partition coefficient (Wildman–Crippen LogP) is 3.52. The molecular weight excluding hydrogens is 274 g/mol. The Kier molecular flexibility index (Phi) is 6.52. The molecule has 0 aliphatic carbocycles. The average Bonchev–Trinajstić information content (AvgIpc) is 2.43. The second-order valence-electron chi connectivity index (χ2n) is 4.18. The summed E-state index contributed by atoms with van der Waals surface area (Å²) in [5.41, 5.74) is 0.625. The van der Waals surface area contributed by atoms with Crippen molar-refractivity contribution in [2.45, 2.75) is 27.7 Å². The van der Waals surface area contributed by atoms with Gasteiger partial charge in [-0.2, -0.15) is 0 Å². The van der Waals surface area contributed by atoms with E-state index in [0.717, 1.165) is 0 Å². The van der Waals surface area contributed by atoms with Crippen LogP contribution in [-0.4, -0.2) is 24.7 Å². The topological polar surface area (TPSA) is 70.8 Å². The minimum atomic E-state index is -0.438. The number of ether oxygens (including phenoxy) is 3. The average molecular weight is 295 g/mol. The van der Waals surface area contributed by atoms with Crippen LogP contribution in [0.15, 0.2) is 17.8 Å². The standard InChI is InChI=1S/C15H21NO5/c1-5-19-13-10-15(21-7-3)14(20-6-2)9-12(13)8-11(4)16(17)18/h8-10H,5-7H2,1-4H3/b11-8+. The molecule has 21 heavy (non-hydrogen) atoms. The first-order chi connectivity index (χ1) is 10.0. The third-order valence-electron chi connectivity index (χ3n) is 2.63. The molecule has 116 valence electrons. The van der Waals surface area contributed by atoms with Gasteiger partial charge in [-0.15, -0.1) is 0 Å². The molecule has 0 unspecified atom stereocenters. The lowest BCUT2D eigenvalue weighted by atomic mass is 10.1. The molecule has 6 nitrogen and oxygen atoms in total. The smallest absolute Gasteiger partial charge is 0.243 e. The van der Waals surface area contributed by atoms with Crippen LogP contribution >= 0.6 is 0 Å². The van der Waals surface area contributed by atoms with Gasteiger partial charge in [-0.05, 0) is 26.8 Å². The molecule has 0 bridgehead atoms. The summed E-state index contributed by atoms with van der Waals surface area (Å²) in [4.78, 5) is 10.4. The maximum Gasteiger partial charge on any atom is 0.243 e. The number of allylic oxidation sites excluding steroid dienone is 1. The van der Waals surface area contributed by atoms with E-state index in [0.29, 0.717) is 42.6 Å². The molecule has 1 aromatic carbocycles. The second-order valence-corrected chi connectivity index (χ2v) is 4.18. The van der Waals surface area contributed by atoms with Gasteiger partial charge in [-0.3, -0.25) is 10.1 Å². The van der Waals surface area contributed by atoms with Crippen LogP contribution in [0.25, 0.3) is 6.08 Å². The normalized spacial score (nSPS) is 11.1. The second kappa shape index (κ2) is 8.14. The number of rotatable bonds is 8. The van der Waals surface area contributed by atoms with Gasteiger partial charge >= 0.3 is 0 Å². The van der Waals surface area contributed by atoms with Crippen molar-refractivity contribution in [1.29, 1.82) is 0 Å². The molecule has 0 saturated carbocycles. The Hall–Kier alpha value is -2.24. The van der Waals surface area contributed by atoms with E-state index in [1.165, 1.54) is 13.0 Å². The summed E-state index contributed by atoms with van der Waals surface area (Å²) < 4.78 is 16.6. The monoisotopic (exact) mass is 295 g/mol. The van der Waals surface area contributed by atoms with E-state index in [9.17, 15) is 10.1 Å². The predicted molar refractivity (Wildman–Crippen MR) is 80.6 cm³/mol. The van der Waals surface area contributed by atoms with Gasteiger partial charge in [-0.1, -0.05) is 0 Å². The lowest BCUT2D eigenvalue weighted by Crippen LogP contribution is -2.02. The molecule has 0 aliphatic rings. The molecule has 0 spiro atoms. The largest absolute Gasteiger partial charge is 0.493 e. The Labute approximate surface area is 124 Å². The summed E-state index contributed by atoms with van der Waals surface area (Å²) in [6.45, 7) is 8.46. The Bertz CT molecular complexity index is 525. The van der Waals surface area contributed by atoms with Crippen LogP contribution in [0.3, 0.4) is 0 Å². The van der Waals surface area contributed by atoms with Crippen molar-refractivity contribution < 1.29 is 19.1 Å². The summed E-state index contributed by atoms with van der Waals surface area (Å²) in [5, 5.41) is 10.8. The Morgan fingerprint density at radius 2 is 1.52 bits per heavy atom. The van der Waals surface area contributed by atoms with E-state index in [1.807, 2.05) is 20.8 Å². The van der Waals surface area contributed by atoms with Crippen LogP contribution in [0, 0.1) is 10.1 Å². The van der Waals surface area contributed by atoms with Crippen molar-refractivity contribution in [1.82, 2.24) is 0 Å². The molecular formula is C15H21NO5. The zero-order valence-electron chi connectivity index (χ0n) is 12.8.